The minimum atomic E-state index is -0.532. The first-order valence-electron chi connectivity index (χ1n) is 5.91. The summed E-state index contributed by atoms with van der Waals surface area (Å²) in [6.45, 7) is 1.64. The molecule has 1 amide bonds. The summed E-state index contributed by atoms with van der Waals surface area (Å²) in [4.78, 5) is 27.9. The zero-order valence-corrected chi connectivity index (χ0v) is 12.2. The maximum Gasteiger partial charge on any atom is 0.348 e. The fourth-order valence-corrected chi connectivity index (χ4v) is 2.77. The van der Waals surface area contributed by atoms with Gasteiger partial charge in [0.1, 0.15) is 15.9 Å². The number of hydrogen-bond donors (Lipinski definition) is 1. The minimum Gasteiger partial charge on any atom is -0.465 e. The van der Waals surface area contributed by atoms with E-state index in [2.05, 4.69) is 15.0 Å². The van der Waals surface area contributed by atoms with E-state index in [-0.39, 0.29) is 5.56 Å². The number of nitriles is 1. The lowest BCUT2D eigenvalue weighted by Crippen LogP contribution is -2.11. The summed E-state index contributed by atoms with van der Waals surface area (Å²) < 4.78 is 4.66. The lowest BCUT2D eigenvalue weighted by Gasteiger charge is -2.02. The predicted octanol–water partition coefficient (Wildman–Crippen LogP) is 2.36. The molecule has 2 heterocycles. The monoisotopic (exact) mass is 301 g/mol. The Kier molecular flexibility index (Phi) is 4.30. The van der Waals surface area contributed by atoms with Crippen molar-refractivity contribution in [3.8, 4) is 6.07 Å². The van der Waals surface area contributed by atoms with Crippen molar-refractivity contribution in [3.63, 3.8) is 0 Å². The Morgan fingerprint density at radius 3 is 2.81 bits per heavy atom. The number of rotatable bonds is 3. The Morgan fingerprint density at radius 2 is 2.24 bits per heavy atom. The summed E-state index contributed by atoms with van der Waals surface area (Å²) >= 11 is 1.02. The van der Waals surface area contributed by atoms with Crippen LogP contribution in [0.1, 0.15) is 31.2 Å². The molecule has 0 spiro atoms. The zero-order valence-electron chi connectivity index (χ0n) is 11.3. The predicted molar refractivity (Wildman–Crippen MR) is 77.3 cm³/mol. The molecule has 0 bridgehead atoms. The van der Waals surface area contributed by atoms with Gasteiger partial charge in [0.2, 0.25) is 0 Å². The number of carbonyl (C=O) groups excluding carboxylic acids is 2. The van der Waals surface area contributed by atoms with Crippen LogP contribution in [-0.2, 0) is 4.74 Å². The first-order chi connectivity index (χ1) is 10.1. The van der Waals surface area contributed by atoms with Gasteiger partial charge in [-0.1, -0.05) is 0 Å². The second-order valence-corrected chi connectivity index (χ2v) is 5.08. The van der Waals surface area contributed by atoms with E-state index in [0.717, 1.165) is 11.3 Å². The number of methoxy groups -OCH3 is 1. The van der Waals surface area contributed by atoms with E-state index in [0.29, 0.717) is 21.0 Å². The third-order valence-electron chi connectivity index (χ3n) is 2.78. The molecule has 0 radical (unpaired) electrons. The average molecular weight is 301 g/mol. The van der Waals surface area contributed by atoms with Crippen molar-refractivity contribution in [1.82, 2.24) is 4.98 Å². The number of amides is 1. The molecule has 7 heteroatoms. The summed E-state index contributed by atoms with van der Waals surface area (Å²) in [5.41, 5.74) is 1.13. The first-order valence-corrected chi connectivity index (χ1v) is 6.73. The largest absolute Gasteiger partial charge is 0.465 e. The number of esters is 1. The van der Waals surface area contributed by atoms with Crippen molar-refractivity contribution < 1.29 is 14.3 Å². The van der Waals surface area contributed by atoms with E-state index < -0.39 is 11.9 Å². The fraction of sp³-hybridized carbons (Fsp3) is 0.143. The van der Waals surface area contributed by atoms with Gasteiger partial charge < -0.3 is 10.1 Å². The van der Waals surface area contributed by atoms with E-state index in [9.17, 15) is 14.9 Å². The molecule has 2 aromatic heterocycles. The molecule has 21 heavy (non-hydrogen) atoms. The Morgan fingerprint density at radius 1 is 1.48 bits per heavy atom. The number of thiophene rings is 1. The van der Waals surface area contributed by atoms with Crippen LogP contribution in [0.2, 0.25) is 0 Å². The van der Waals surface area contributed by atoms with Gasteiger partial charge in [-0.3, -0.25) is 9.78 Å². The maximum absolute atomic E-state index is 12.1. The number of hydrogen-bond acceptors (Lipinski definition) is 6. The highest BCUT2D eigenvalue weighted by molar-refractivity contribution is 7.18. The number of carbonyl (C=O) groups is 2. The van der Waals surface area contributed by atoms with Crippen molar-refractivity contribution in [2.75, 3.05) is 12.4 Å². The highest BCUT2D eigenvalue weighted by Gasteiger charge is 2.22. The Balaban J connectivity index is 2.35. The van der Waals surface area contributed by atoms with E-state index in [1.54, 1.807) is 25.3 Å². The Hall–Kier alpha value is -2.72. The lowest BCUT2D eigenvalue weighted by atomic mass is 10.1. The summed E-state index contributed by atoms with van der Waals surface area (Å²) in [6.07, 6.45) is 2.98. The first kappa shape index (κ1) is 14.7. The van der Waals surface area contributed by atoms with Crippen LogP contribution in [0.15, 0.2) is 24.5 Å². The van der Waals surface area contributed by atoms with Crippen molar-refractivity contribution in [2.24, 2.45) is 0 Å². The van der Waals surface area contributed by atoms with Gasteiger partial charge in [0.05, 0.1) is 18.2 Å². The highest BCUT2D eigenvalue weighted by atomic mass is 32.1. The molecule has 106 valence electrons. The van der Waals surface area contributed by atoms with Gasteiger partial charge >= 0.3 is 5.97 Å². The number of nitrogens with one attached hydrogen (secondary N) is 1. The van der Waals surface area contributed by atoms with Gasteiger partial charge in [0, 0.05) is 12.4 Å². The number of aromatic nitrogens is 1. The molecule has 0 fully saturated rings. The molecular formula is C14H11N3O3S. The van der Waals surface area contributed by atoms with Gasteiger partial charge in [-0.2, -0.15) is 5.26 Å². The van der Waals surface area contributed by atoms with Gasteiger partial charge in [-0.15, -0.1) is 11.3 Å². The zero-order chi connectivity index (χ0) is 15.4. The number of anilines is 1. The third kappa shape index (κ3) is 2.90. The minimum absolute atomic E-state index is 0.262. The summed E-state index contributed by atoms with van der Waals surface area (Å²) in [5, 5.41) is 12.1. The molecule has 2 aromatic rings. The van der Waals surface area contributed by atoms with Crippen molar-refractivity contribution in [3.05, 3.63) is 46.1 Å². The van der Waals surface area contributed by atoms with Gasteiger partial charge in [0.25, 0.3) is 5.91 Å². The van der Waals surface area contributed by atoms with E-state index in [1.807, 2.05) is 6.07 Å². The van der Waals surface area contributed by atoms with Crippen LogP contribution in [-0.4, -0.2) is 24.0 Å². The summed E-state index contributed by atoms with van der Waals surface area (Å²) in [6, 6.07) is 5.24. The van der Waals surface area contributed by atoms with Crippen LogP contribution < -0.4 is 5.32 Å². The van der Waals surface area contributed by atoms with Crippen molar-refractivity contribution in [1.29, 1.82) is 5.26 Å². The van der Waals surface area contributed by atoms with Gasteiger partial charge in [0.15, 0.2) is 0 Å². The van der Waals surface area contributed by atoms with Gasteiger partial charge in [-0.25, -0.2) is 4.79 Å². The van der Waals surface area contributed by atoms with Crippen LogP contribution in [0.3, 0.4) is 0 Å². The Bertz CT molecular complexity index is 732. The van der Waals surface area contributed by atoms with E-state index in [4.69, 9.17) is 0 Å². The van der Waals surface area contributed by atoms with Crippen molar-refractivity contribution >= 4 is 28.2 Å². The van der Waals surface area contributed by atoms with Crippen LogP contribution in [0.25, 0.3) is 0 Å². The normalized spacial score (nSPS) is 9.76. The molecule has 6 nitrogen and oxygen atoms in total. The molecule has 0 aliphatic carbocycles. The molecule has 0 aromatic carbocycles. The van der Waals surface area contributed by atoms with Crippen molar-refractivity contribution in [2.45, 2.75) is 6.92 Å². The Labute approximate surface area is 125 Å². The smallest absolute Gasteiger partial charge is 0.348 e. The average Bonchev–Trinajstić information content (AvgIpc) is 2.83. The molecule has 2 rings (SSSR count). The molecule has 0 unspecified atom stereocenters. The quantitative estimate of drug-likeness (QED) is 0.879. The molecule has 0 atom stereocenters. The SMILES string of the molecule is COC(=O)c1sc(NC(=O)c2cccnc2)c(C#N)c1C. The van der Waals surface area contributed by atoms with E-state index >= 15 is 0 Å². The van der Waals surface area contributed by atoms with Crippen LogP contribution >= 0.6 is 11.3 Å². The number of pyridine rings is 1. The summed E-state index contributed by atoms with van der Waals surface area (Å²) in [5.74, 6) is -0.923. The molecule has 0 saturated carbocycles. The third-order valence-corrected chi connectivity index (χ3v) is 3.97. The maximum atomic E-state index is 12.1. The molecule has 0 aliphatic rings. The standard InChI is InChI=1S/C14H11N3O3S/c1-8-10(6-15)13(21-11(8)14(19)20-2)17-12(18)9-4-3-5-16-7-9/h3-5,7H,1-2H3,(H,17,18). The molecule has 1 N–H and O–H groups in total. The second kappa shape index (κ2) is 6.15. The second-order valence-electron chi connectivity index (χ2n) is 4.06. The van der Waals surface area contributed by atoms with E-state index in [1.165, 1.54) is 13.3 Å². The molecule has 0 aliphatic heterocycles. The number of nitrogens with zero attached hydrogens (tertiary/aromatic N) is 2. The topological polar surface area (TPSA) is 92.1 Å². The number of ether oxygens (including phenoxy) is 1. The fourth-order valence-electron chi connectivity index (χ4n) is 1.70. The molecular weight excluding hydrogens is 290 g/mol. The highest BCUT2D eigenvalue weighted by Crippen LogP contribution is 2.33. The van der Waals surface area contributed by atoms with Crippen LogP contribution in [0.4, 0.5) is 5.00 Å². The summed E-state index contributed by atoms with van der Waals surface area (Å²) in [7, 11) is 1.27. The van der Waals surface area contributed by atoms with Gasteiger partial charge in [-0.05, 0) is 24.6 Å². The molecule has 0 saturated heterocycles. The lowest BCUT2D eigenvalue weighted by molar-refractivity contribution is 0.0605. The van der Waals surface area contributed by atoms with Crippen LogP contribution in [0, 0.1) is 18.3 Å². The van der Waals surface area contributed by atoms with Crippen LogP contribution in [0.5, 0.6) is 0 Å².